The maximum atomic E-state index is 14.4. The van der Waals surface area contributed by atoms with Gasteiger partial charge in [0, 0.05) is 24.5 Å². The van der Waals surface area contributed by atoms with E-state index in [1.54, 1.807) is 36.4 Å². The van der Waals surface area contributed by atoms with Crippen molar-refractivity contribution in [2.45, 2.75) is 44.2 Å². The summed E-state index contributed by atoms with van der Waals surface area (Å²) < 4.78 is 29.0. The summed E-state index contributed by atoms with van der Waals surface area (Å²) in [6.07, 6.45) is 0.990. The second kappa shape index (κ2) is 14.8. The lowest BCUT2D eigenvalue weighted by Gasteiger charge is -2.34. The van der Waals surface area contributed by atoms with Crippen LogP contribution in [0.3, 0.4) is 0 Å². The first-order valence-corrected chi connectivity index (χ1v) is 16.0. The van der Waals surface area contributed by atoms with Crippen LogP contribution < -0.4 is 9.62 Å². The largest absolute Gasteiger partial charge is 0.354 e. The summed E-state index contributed by atoms with van der Waals surface area (Å²) in [4.78, 5) is 29.6. The zero-order valence-electron chi connectivity index (χ0n) is 24.3. The Hall–Kier alpha value is -4.14. The fourth-order valence-corrected chi connectivity index (χ4v) is 6.30. The average Bonchev–Trinajstić information content (AvgIpc) is 3.02. The van der Waals surface area contributed by atoms with Crippen molar-refractivity contribution >= 4 is 39.1 Å². The predicted molar refractivity (Wildman–Crippen MR) is 171 cm³/mol. The first-order chi connectivity index (χ1) is 20.7. The van der Waals surface area contributed by atoms with Crippen LogP contribution in [0.15, 0.2) is 114 Å². The lowest BCUT2D eigenvalue weighted by molar-refractivity contribution is -0.140. The quantitative estimate of drug-likeness (QED) is 0.199. The molecule has 0 heterocycles. The van der Waals surface area contributed by atoms with E-state index in [2.05, 4.69) is 5.32 Å². The van der Waals surface area contributed by atoms with Crippen molar-refractivity contribution in [2.24, 2.45) is 0 Å². The van der Waals surface area contributed by atoms with Gasteiger partial charge in [0.25, 0.3) is 10.0 Å². The van der Waals surface area contributed by atoms with Crippen LogP contribution in [0.25, 0.3) is 0 Å². The lowest BCUT2D eigenvalue weighted by atomic mass is 10.0. The smallest absolute Gasteiger partial charge is 0.264 e. The maximum Gasteiger partial charge on any atom is 0.264 e. The zero-order valence-corrected chi connectivity index (χ0v) is 25.9. The topological polar surface area (TPSA) is 86.8 Å². The number of carbonyl (C=O) groups is 2. The standard InChI is InChI=1S/C34H36ClN3O4S/c1-3-21-36-34(40)32(22-27-11-6-4-7-12-27)37(24-28-19-17-26(2)18-20-28)33(39)25-38(30-14-10-13-29(35)23-30)43(41,42)31-15-8-5-9-16-31/h4-20,23,32H,3,21-22,24-25H2,1-2H3,(H,36,40). The highest BCUT2D eigenvalue weighted by atomic mass is 35.5. The number of aryl methyl sites for hydroxylation is 1. The SMILES string of the molecule is CCCNC(=O)C(Cc1ccccc1)N(Cc1ccc(C)cc1)C(=O)CN(c1cccc(Cl)c1)S(=O)(=O)c1ccccc1. The van der Waals surface area contributed by atoms with Gasteiger partial charge in [-0.05, 0) is 54.8 Å². The van der Waals surface area contributed by atoms with E-state index in [0.29, 0.717) is 11.6 Å². The van der Waals surface area contributed by atoms with Gasteiger partial charge in [-0.1, -0.05) is 103 Å². The molecule has 0 saturated carbocycles. The number of carbonyl (C=O) groups excluding carboxylic acids is 2. The molecule has 0 radical (unpaired) electrons. The molecule has 1 unspecified atom stereocenters. The third-order valence-corrected chi connectivity index (χ3v) is 9.02. The molecule has 1 N–H and O–H groups in total. The Morgan fingerprint density at radius 1 is 0.837 bits per heavy atom. The number of benzene rings is 4. The number of halogens is 1. The number of hydrogen-bond acceptors (Lipinski definition) is 4. The van der Waals surface area contributed by atoms with Gasteiger partial charge in [0.2, 0.25) is 11.8 Å². The minimum atomic E-state index is -4.17. The highest BCUT2D eigenvalue weighted by molar-refractivity contribution is 7.92. The van der Waals surface area contributed by atoms with Gasteiger partial charge in [0.05, 0.1) is 10.6 Å². The number of sulfonamides is 1. The molecule has 7 nitrogen and oxygen atoms in total. The highest BCUT2D eigenvalue weighted by Crippen LogP contribution is 2.27. The van der Waals surface area contributed by atoms with Crippen LogP contribution in [0.2, 0.25) is 5.02 Å². The van der Waals surface area contributed by atoms with Crippen molar-refractivity contribution in [3.05, 3.63) is 131 Å². The van der Waals surface area contributed by atoms with E-state index in [9.17, 15) is 18.0 Å². The summed E-state index contributed by atoms with van der Waals surface area (Å²) in [5, 5.41) is 3.28. The minimum Gasteiger partial charge on any atom is -0.354 e. The molecule has 43 heavy (non-hydrogen) atoms. The first-order valence-electron chi connectivity index (χ1n) is 14.2. The molecule has 2 amide bonds. The maximum absolute atomic E-state index is 14.4. The van der Waals surface area contributed by atoms with Crippen LogP contribution >= 0.6 is 11.6 Å². The van der Waals surface area contributed by atoms with Gasteiger partial charge >= 0.3 is 0 Å². The molecule has 0 bridgehead atoms. The van der Waals surface area contributed by atoms with Gasteiger partial charge in [-0.3, -0.25) is 13.9 Å². The molecule has 0 aromatic heterocycles. The first kappa shape index (κ1) is 31.8. The number of nitrogens with zero attached hydrogens (tertiary/aromatic N) is 2. The molecular formula is C34H36ClN3O4S. The van der Waals surface area contributed by atoms with E-state index < -0.39 is 28.5 Å². The molecule has 4 aromatic rings. The Morgan fingerprint density at radius 3 is 2.12 bits per heavy atom. The van der Waals surface area contributed by atoms with E-state index in [-0.39, 0.29) is 29.5 Å². The van der Waals surface area contributed by atoms with Crippen LogP contribution in [-0.2, 0) is 32.6 Å². The van der Waals surface area contributed by atoms with Crippen molar-refractivity contribution in [2.75, 3.05) is 17.4 Å². The lowest BCUT2D eigenvalue weighted by Crippen LogP contribution is -2.53. The fourth-order valence-electron chi connectivity index (χ4n) is 4.69. The number of hydrogen-bond donors (Lipinski definition) is 1. The Kier molecular flexibility index (Phi) is 11.0. The third kappa shape index (κ3) is 8.46. The molecule has 1 atom stereocenters. The van der Waals surface area contributed by atoms with Gasteiger partial charge in [-0.2, -0.15) is 0 Å². The van der Waals surface area contributed by atoms with Gasteiger partial charge in [0.1, 0.15) is 12.6 Å². The Morgan fingerprint density at radius 2 is 1.49 bits per heavy atom. The van der Waals surface area contributed by atoms with Crippen LogP contribution in [0.4, 0.5) is 5.69 Å². The summed E-state index contributed by atoms with van der Waals surface area (Å²) in [5.41, 5.74) is 3.00. The summed E-state index contributed by atoms with van der Waals surface area (Å²) in [7, 11) is -4.17. The number of rotatable bonds is 13. The van der Waals surface area contributed by atoms with E-state index in [1.165, 1.54) is 23.1 Å². The minimum absolute atomic E-state index is 0.0365. The molecular weight excluding hydrogens is 582 g/mol. The number of anilines is 1. The Bertz CT molecular complexity index is 1610. The normalized spacial score (nSPS) is 11.9. The number of nitrogens with one attached hydrogen (secondary N) is 1. The monoisotopic (exact) mass is 617 g/mol. The number of amides is 2. The van der Waals surface area contributed by atoms with Crippen molar-refractivity contribution in [3.8, 4) is 0 Å². The summed E-state index contributed by atoms with van der Waals surface area (Å²) in [6, 6.07) is 30.6. The molecule has 0 fully saturated rings. The molecule has 224 valence electrons. The molecule has 0 aliphatic carbocycles. The van der Waals surface area contributed by atoms with Crippen LogP contribution in [-0.4, -0.2) is 44.3 Å². The molecule has 0 aliphatic heterocycles. The summed E-state index contributed by atoms with van der Waals surface area (Å²) in [5.74, 6) is -0.820. The van der Waals surface area contributed by atoms with E-state index in [1.807, 2.05) is 68.4 Å². The summed E-state index contributed by atoms with van der Waals surface area (Å²) >= 11 is 6.27. The van der Waals surface area contributed by atoms with Gasteiger partial charge in [-0.25, -0.2) is 8.42 Å². The van der Waals surface area contributed by atoms with E-state index >= 15 is 0 Å². The fraction of sp³-hybridized carbons (Fsp3) is 0.235. The molecule has 0 spiro atoms. The van der Waals surface area contributed by atoms with Crippen molar-refractivity contribution in [1.82, 2.24) is 10.2 Å². The van der Waals surface area contributed by atoms with Gasteiger partial charge < -0.3 is 10.2 Å². The van der Waals surface area contributed by atoms with Gasteiger partial charge in [-0.15, -0.1) is 0 Å². The van der Waals surface area contributed by atoms with Crippen molar-refractivity contribution in [3.63, 3.8) is 0 Å². The van der Waals surface area contributed by atoms with Gasteiger partial charge in [0.15, 0.2) is 0 Å². The van der Waals surface area contributed by atoms with Crippen molar-refractivity contribution in [1.29, 1.82) is 0 Å². The molecule has 0 saturated heterocycles. The van der Waals surface area contributed by atoms with Crippen molar-refractivity contribution < 1.29 is 18.0 Å². The van der Waals surface area contributed by atoms with Crippen LogP contribution in [0, 0.1) is 6.92 Å². The average molecular weight is 618 g/mol. The Labute approximate surface area is 259 Å². The second-order valence-corrected chi connectivity index (χ2v) is 12.6. The van der Waals surface area contributed by atoms with E-state index in [4.69, 9.17) is 11.6 Å². The molecule has 0 aliphatic rings. The summed E-state index contributed by atoms with van der Waals surface area (Å²) in [6.45, 7) is 3.97. The molecule has 4 rings (SSSR count). The van der Waals surface area contributed by atoms with Crippen LogP contribution in [0.5, 0.6) is 0 Å². The van der Waals surface area contributed by atoms with E-state index in [0.717, 1.165) is 27.4 Å². The highest BCUT2D eigenvalue weighted by Gasteiger charge is 2.34. The molecule has 4 aromatic carbocycles. The predicted octanol–water partition coefficient (Wildman–Crippen LogP) is 6.01. The second-order valence-electron chi connectivity index (χ2n) is 10.3. The third-order valence-electron chi connectivity index (χ3n) is 7.00. The Balaban J connectivity index is 1.78. The zero-order chi connectivity index (χ0) is 30.8. The molecule has 9 heteroatoms. The van der Waals surface area contributed by atoms with Crippen LogP contribution in [0.1, 0.15) is 30.0 Å².